The molecular weight excluding hydrogens is 281 g/mol. The second kappa shape index (κ2) is 6.86. The topological polar surface area (TPSA) is 54.0 Å². The number of anilines is 1. The summed E-state index contributed by atoms with van der Waals surface area (Å²) in [4.78, 5) is 15.6. The van der Waals surface area contributed by atoms with E-state index in [-0.39, 0.29) is 11.7 Å². The number of nitrogens with one attached hydrogen (secondary N) is 2. The maximum absolute atomic E-state index is 12.7. The Morgan fingerprint density at radius 2 is 1.95 bits per heavy atom. The van der Waals surface area contributed by atoms with Gasteiger partial charge < -0.3 is 10.6 Å². The van der Waals surface area contributed by atoms with E-state index < -0.39 is 0 Å². The number of rotatable bonds is 5. The molecule has 0 radical (unpaired) electrons. The summed E-state index contributed by atoms with van der Waals surface area (Å²) in [5.41, 5.74) is 1.26. The van der Waals surface area contributed by atoms with Crippen molar-refractivity contribution in [2.24, 2.45) is 0 Å². The molecule has 0 aliphatic rings. The predicted octanol–water partition coefficient (Wildman–Crippen LogP) is 2.72. The molecule has 0 aliphatic heterocycles. The first-order valence-corrected chi connectivity index (χ1v) is 6.42. The highest BCUT2D eigenvalue weighted by Gasteiger charge is 2.04. The van der Waals surface area contributed by atoms with Gasteiger partial charge in [-0.15, -0.1) is 0 Å². The fourth-order valence-electron chi connectivity index (χ4n) is 1.60. The summed E-state index contributed by atoms with van der Waals surface area (Å²) >= 11 is 5.75. The van der Waals surface area contributed by atoms with Gasteiger partial charge in [0.25, 0.3) is 5.91 Å². The van der Waals surface area contributed by atoms with Crippen molar-refractivity contribution in [3.05, 3.63) is 59.1 Å². The molecule has 1 aromatic carbocycles. The van der Waals surface area contributed by atoms with E-state index in [1.165, 1.54) is 24.3 Å². The molecule has 2 aromatic rings. The fourth-order valence-corrected chi connectivity index (χ4v) is 1.77. The molecule has 0 fully saturated rings. The normalized spacial score (nSPS) is 10.1. The Morgan fingerprint density at radius 1 is 1.20 bits per heavy atom. The van der Waals surface area contributed by atoms with Crippen molar-refractivity contribution in [3.8, 4) is 0 Å². The van der Waals surface area contributed by atoms with Gasteiger partial charge in [0.15, 0.2) is 0 Å². The average Bonchev–Trinajstić information content (AvgIpc) is 2.44. The molecule has 1 amide bonds. The van der Waals surface area contributed by atoms with Gasteiger partial charge in [0.05, 0.1) is 0 Å². The zero-order valence-corrected chi connectivity index (χ0v) is 11.3. The SMILES string of the molecule is O=C(NCCNc1ccnc(Cl)c1)c1ccc(F)cc1. The van der Waals surface area contributed by atoms with Gasteiger partial charge in [-0.05, 0) is 36.4 Å². The van der Waals surface area contributed by atoms with E-state index in [0.717, 1.165) is 5.69 Å². The molecule has 4 nitrogen and oxygen atoms in total. The van der Waals surface area contributed by atoms with Crippen LogP contribution in [0.4, 0.5) is 10.1 Å². The number of hydrogen-bond donors (Lipinski definition) is 2. The minimum atomic E-state index is -0.363. The highest BCUT2D eigenvalue weighted by Crippen LogP contribution is 2.11. The van der Waals surface area contributed by atoms with E-state index in [1.54, 1.807) is 18.3 Å². The number of hydrogen-bond acceptors (Lipinski definition) is 3. The van der Waals surface area contributed by atoms with Gasteiger partial charge in [-0.25, -0.2) is 9.37 Å². The third-order valence-corrected chi connectivity index (χ3v) is 2.78. The lowest BCUT2D eigenvalue weighted by atomic mass is 10.2. The second-order valence-electron chi connectivity index (χ2n) is 4.06. The monoisotopic (exact) mass is 293 g/mol. The van der Waals surface area contributed by atoms with Crippen LogP contribution in [0, 0.1) is 5.82 Å². The molecule has 0 aliphatic carbocycles. The summed E-state index contributed by atoms with van der Waals surface area (Å²) < 4.78 is 12.7. The highest BCUT2D eigenvalue weighted by molar-refractivity contribution is 6.29. The molecule has 2 rings (SSSR count). The lowest BCUT2D eigenvalue weighted by molar-refractivity contribution is 0.0955. The molecule has 2 N–H and O–H groups in total. The van der Waals surface area contributed by atoms with E-state index in [0.29, 0.717) is 23.8 Å². The van der Waals surface area contributed by atoms with Crippen LogP contribution in [0.2, 0.25) is 5.15 Å². The van der Waals surface area contributed by atoms with Crippen LogP contribution in [-0.4, -0.2) is 24.0 Å². The minimum absolute atomic E-state index is 0.237. The van der Waals surface area contributed by atoms with Gasteiger partial charge in [0.2, 0.25) is 0 Å². The number of pyridine rings is 1. The summed E-state index contributed by atoms with van der Waals surface area (Å²) in [6.45, 7) is 0.990. The molecule has 0 spiro atoms. The van der Waals surface area contributed by atoms with Gasteiger partial charge in [-0.1, -0.05) is 11.6 Å². The number of halogens is 2. The van der Waals surface area contributed by atoms with Crippen molar-refractivity contribution in [3.63, 3.8) is 0 Å². The Bertz CT molecular complexity index is 589. The molecule has 1 heterocycles. The third-order valence-electron chi connectivity index (χ3n) is 2.57. The number of amides is 1. The Labute approximate surface area is 121 Å². The van der Waals surface area contributed by atoms with E-state index in [4.69, 9.17) is 11.6 Å². The molecule has 1 aromatic heterocycles. The Balaban J connectivity index is 1.76. The van der Waals surface area contributed by atoms with Crippen molar-refractivity contribution in [2.75, 3.05) is 18.4 Å². The zero-order valence-electron chi connectivity index (χ0n) is 10.6. The van der Waals surface area contributed by atoms with Crippen molar-refractivity contribution >= 4 is 23.2 Å². The van der Waals surface area contributed by atoms with Crippen molar-refractivity contribution in [2.45, 2.75) is 0 Å². The van der Waals surface area contributed by atoms with Crippen LogP contribution >= 0.6 is 11.6 Å². The molecule has 0 unspecified atom stereocenters. The Hall–Kier alpha value is -2.14. The largest absolute Gasteiger partial charge is 0.383 e. The first-order valence-electron chi connectivity index (χ1n) is 6.04. The molecule has 0 bridgehead atoms. The van der Waals surface area contributed by atoms with Crippen molar-refractivity contribution < 1.29 is 9.18 Å². The first kappa shape index (κ1) is 14.3. The van der Waals surface area contributed by atoms with E-state index in [1.807, 2.05) is 0 Å². The smallest absolute Gasteiger partial charge is 0.251 e. The van der Waals surface area contributed by atoms with Crippen LogP contribution in [0.1, 0.15) is 10.4 Å². The average molecular weight is 294 g/mol. The second-order valence-corrected chi connectivity index (χ2v) is 4.44. The summed E-state index contributed by atoms with van der Waals surface area (Å²) in [7, 11) is 0. The number of nitrogens with zero attached hydrogens (tertiary/aromatic N) is 1. The van der Waals surface area contributed by atoms with Crippen LogP contribution in [0.15, 0.2) is 42.6 Å². The van der Waals surface area contributed by atoms with Crippen molar-refractivity contribution in [1.82, 2.24) is 10.3 Å². The summed E-state index contributed by atoms with van der Waals surface area (Å²) in [5.74, 6) is -0.600. The van der Waals surface area contributed by atoms with Crippen LogP contribution < -0.4 is 10.6 Å². The molecule has 0 saturated heterocycles. The van der Waals surface area contributed by atoms with E-state index >= 15 is 0 Å². The van der Waals surface area contributed by atoms with Crippen LogP contribution in [0.25, 0.3) is 0 Å². The molecule has 104 valence electrons. The summed E-state index contributed by atoms with van der Waals surface area (Å²) in [5, 5.41) is 6.24. The van der Waals surface area contributed by atoms with Crippen LogP contribution in [-0.2, 0) is 0 Å². The maximum Gasteiger partial charge on any atom is 0.251 e. The summed E-state index contributed by atoms with van der Waals surface area (Å²) in [6.07, 6.45) is 1.60. The number of benzene rings is 1. The van der Waals surface area contributed by atoms with Crippen molar-refractivity contribution in [1.29, 1.82) is 0 Å². The lowest BCUT2D eigenvalue weighted by Crippen LogP contribution is -2.28. The number of carbonyl (C=O) groups excluding carboxylic acids is 1. The number of aromatic nitrogens is 1. The van der Waals surface area contributed by atoms with Crippen LogP contribution in [0.3, 0.4) is 0 Å². The third kappa shape index (κ3) is 4.20. The van der Waals surface area contributed by atoms with Gasteiger partial charge in [-0.3, -0.25) is 4.79 Å². The van der Waals surface area contributed by atoms with E-state index in [9.17, 15) is 9.18 Å². The molecule has 0 saturated carbocycles. The quantitative estimate of drug-likeness (QED) is 0.658. The molecular formula is C14H13ClFN3O. The standard InChI is InChI=1S/C14H13ClFN3O/c15-13-9-12(5-6-18-13)17-7-8-19-14(20)10-1-3-11(16)4-2-10/h1-6,9H,7-8H2,(H,17,18)(H,19,20). The van der Waals surface area contributed by atoms with Gasteiger partial charge in [0.1, 0.15) is 11.0 Å². The fraction of sp³-hybridized carbons (Fsp3) is 0.143. The number of carbonyl (C=O) groups is 1. The Kier molecular flexibility index (Phi) is 4.90. The zero-order chi connectivity index (χ0) is 14.4. The maximum atomic E-state index is 12.7. The lowest BCUT2D eigenvalue weighted by Gasteiger charge is -2.08. The highest BCUT2D eigenvalue weighted by atomic mass is 35.5. The molecule has 6 heteroatoms. The first-order chi connectivity index (χ1) is 9.65. The Morgan fingerprint density at radius 3 is 2.65 bits per heavy atom. The van der Waals surface area contributed by atoms with E-state index in [2.05, 4.69) is 15.6 Å². The predicted molar refractivity (Wildman–Crippen MR) is 76.5 cm³/mol. The van der Waals surface area contributed by atoms with Gasteiger partial charge in [-0.2, -0.15) is 0 Å². The van der Waals surface area contributed by atoms with Gasteiger partial charge >= 0.3 is 0 Å². The summed E-state index contributed by atoms with van der Waals surface area (Å²) in [6, 6.07) is 8.89. The van der Waals surface area contributed by atoms with Gasteiger partial charge in [0, 0.05) is 30.5 Å². The van der Waals surface area contributed by atoms with Crippen LogP contribution in [0.5, 0.6) is 0 Å². The minimum Gasteiger partial charge on any atom is -0.383 e. The molecule has 20 heavy (non-hydrogen) atoms. The molecule has 0 atom stereocenters.